The summed E-state index contributed by atoms with van der Waals surface area (Å²) in [7, 11) is 0. The van der Waals surface area contributed by atoms with Gasteiger partial charge in [0.15, 0.2) is 0 Å². The van der Waals surface area contributed by atoms with Gasteiger partial charge in [-0.2, -0.15) is 0 Å². The van der Waals surface area contributed by atoms with Gasteiger partial charge in [0.05, 0.1) is 24.8 Å². The predicted molar refractivity (Wildman–Crippen MR) is 60.4 cm³/mol. The molecule has 1 aromatic rings. The number of nitrogens with one attached hydrogen (secondary N) is 2. The predicted octanol–water partition coefficient (Wildman–Crippen LogP) is -0.266. The Labute approximate surface area is 89.6 Å². The molecule has 5 nitrogen and oxygen atoms in total. The first-order valence-electron chi connectivity index (χ1n) is 5.36. The molecule has 0 unspecified atom stereocenters. The van der Waals surface area contributed by atoms with Gasteiger partial charge in [-0.15, -0.1) is 0 Å². The molecule has 0 amide bonds. The molecule has 15 heavy (non-hydrogen) atoms. The molecular formula is C10H17N5. The minimum Gasteiger partial charge on any atom is -0.344 e. The number of hydrogen-bond donors (Lipinski definition) is 2. The quantitative estimate of drug-likeness (QED) is 0.668. The summed E-state index contributed by atoms with van der Waals surface area (Å²) < 4.78 is 0. The third kappa shape index (κ3) is 3.45. The van der Waals surface area contributed by atoms with Crippen LogP contribution in [0.25, 0.3) is 0 Å². The van der Waals surface area contributed by atoms with Crippen LogP contribution >= 0.6 is 0 Å². The van der Waals surface area contributed by atoms with Gasteiger partial charge in [0.2, 0.25) is 0 Å². The maximum atomic E-state index is 4.35. The maximum absolute atomic E-state index is 4.35. The van der Waals surface area contributed by atoms with E-state index < -0.39 is 0 Å². The van der Waals surface area contributed by atoms with Crippen LogP contribution in [0.2, 0.25) is 0 Å². The van der Waals surface area contributed by atoms with Crippen molar-refractivity contribution in [1.29, 1.82) is 0 Å². The van der Waals surface area contributed by atoms with Gasteiger partial charge in [0.1, 0.15) is 0 Å². The first kappa shape index (κ1) is 10.3. The van der Waals surface area contributed by atoms with Crippen molar-refractivity contribution in [2.24, 2.45) is 4.99 Å². The second kappa shape index (κ2) is 5.63. The summed E-state index contributed by atoms with van der Waals surface area (Å²) in [6.07, 6.45) is 5.28. The number of piperazine rings is 1. The minimum absolute atomic E-state index is 0.860. The number of imidazole rings is 1. The highest BCUT2D eigenvalue weighted by Crippen LogP contribution is 1.91. The van der Waals surface area contributed by atoms with Crippen LogP contribution in [0, 0.1) is 0 Å². The van der Waals surface area contributed by atoms with Crippen molar-refractivity contribution < 1.29 is 0 Å². The Bertz CT molecular complexity index is 287. The standard InChI is InChI=1S/C10H17N5/c1-4-15(5-2-11-1)6-3-12-7-10-8-13-9-14-10/h7-9,11H,1-6H2,(H,13,14). The lowest BCUT2D eigenvalue weighted by Gasteiger charge is -2.26. The summed E-state index contributed by atoms with van der Waals surface area (Å²) in [6, 6.07) is 0. The Morgan fingerprint density at radius 2 is 2.33 bits per heavy atom. The Kier molecular flexibility index (Phi) is 3.87. The molecular weight excluding hydrogens is 190 g/mol. The normalized spacial score (nSPS) is 18.7. The summed E-state index contributed by atoms with van der Waals surface area (Å²) in [5, 5.41) is 3.33. The lowest BCUT2D eigenvalue weighted by Crippen LogP contribution is -2.44. The lowest BCUT2D eigenvalue weighted by molar-refractivity contribution is 0.248. The number of H-pyrrole nitrogens is 1. The number of aromatic nitrogens is 2. The van der Waals surface area contributed by atoms with E-state index in [1.165, 1.54) is 0 Å². The molecule has 0 aliphatic carbocycles. The summed E-state index contributed by atoms with van der Waals surface area (Å²) in [5.74, 6) is 0. The highest BCUT2D eigenvalue weighted by atomic mass is 15.2. The van der Waals surface area contributed by atoms with Crippen LogP contribution in [0.1, 0.15) is 5.69 Å². The van der Waals surface area contributed by atoms with E-state index in [9.17, 15) is 0 Å². The zero-order valence-corrected chi connectivity index (χ0v) is 8.82. The average Bonchev–Trinajstić information content (AvgIpc) is 2.79. The fraction of sp³-hybridized carbons (Fsp3) is 0.600. The van der Waals surface area contributed by atoms with E-state index >= 15 is 0 Å². The van der Waals surface area contributed by atoms with Crippen molar-refractivity contribution in [3.8, 4) is 0 Å². The molecule has 1 aromatic heterocycles. The molecule has 1 aliphatic rings. The molecule has 0 atom stereocenters. The van der Waals surface area contributed by atoms with Crippen LogP contribution in [-0.2, 0) is 0 Å². The van der Waals surface area contributed by atoms with Crippen molar-refractivity contribution >= 4 is 6.21 Å². The molecule has 82 valence electrons. The van der Waals surface area contributed by atoms with Crippen molar-refractivity contribution in [3.63, 3.8) is 0 Å². The van der Waals surface area contributed by atoms with Crippen molar-refractivity contribution in [2.75, 3.05) is 39.3 Å². The van der Waals surface area contributed by atoms with Gasteiger partial charge in [-0.05, 0) is 0 Å². The van der Waals surface area contributed by atoms with Crippen LogP contribution in [0.15, 0.2) is 17.5 Å². The number of aromatic amines is 1. The van der Waals surface area contributed by atoms with Crippen LogP contribution in [-0.4, -0.2) is 60.4 Å². The molecule has 2 heterocycles. The molecule has 0 spiro atoms. The van der Waals surface area contributed by atoms with E-state index in [1.807, 2.05) is 6.21 Å². The molecule has 2 rings (SSSR count). The van der Waals surface area contributed by atoms with E-state index in [0.29, 0.717) is 0 Å². The summed E-state index contributed by atoms with van der Waals surface area (Å²) in [5.41, 5.74) is 0.968. The molecule has 0 bridgehead atoms. The topological polar surface area (TPSA) is 56.3 Å². The zero-order chi connectivity index (χ0) is 10.3. The van der Waals surface area contributed by atoms with E-state index in [-0.39, 0.29) is 0 Å². The Balaban J connectivity index is 1.65. The first-order valence-corrected chi connectivity index (χ1v) is 5.36. The first-order chi connectivity index (χ1) is 7.45. The zero-order valence-electron chi connectivity index (χ0n) is 8.82. The molecule has 0 aromatic carbocycles. The third-order valence-corrected chi connectivity index (χ3v) is 2.50. The number of aliphatic imine (C=N–C) groups is 1. The Morgan fingerprint density at radius 1 is 1.47 bits per heavy atom. The number of hydrogen-bond acceptors (Lipinski definition) is 4. The molecule has 0 saturated carbocycles. The number of nitrogens with zero attached hydrogens (tertiary/aromatic N) is 3. The van der Waals surface area contributed by atoms with Gasteiger partial charge in [-0.1, -0.05) is 0 Å². The van der Waals surface area contributed by atoms with Gasteiger partial charge >= 0.3 is 0 Å². The molecule has 0 radical (unpaired) electrons. The largest absolute Gasteiger partial charge is 0.344 e. The van der Waals surface area contributed by atoms with Crippen LogP contribution in [0.4, 0.5) is 0 Å². The Morgan fingerprint density at radius 3 is 3.07 bits per heavy atom. The second-order valence-corrected chi connectivity index (χ2v) is 3.63. The fourth-order valence-electron chi connectivity index (χ4n) is 1.63. The van der Waals surface area contributed by atoms with E-state index in [1.54, 1.807) is 12.5 Å². The summed E-state index contributed by atoms with van der Waals surface area (Å²) in [4.78, 5) is 13.7. The summed E-state index contributed by atoms with van der Waals surface area (Å²) >= 11 is 0. The average molecular weight is 207 g/mol. The van der Waals surface area contributed by atoms with Gasteiger partial charge < -0.3 is 10.3 Å². The number of rotatable bonds is 4. The van der Waals surface area contributed by atoms with Gasteiger partial charge in [-0.25, -0.2) is 4.98 Å². The minimum atomic E-state index is 0.860. The Hall–Kier alpha value is -1.20. The van der Waals surface area contributed by atoms with Crippen molar-refractivity contribution in [1.82, 2.24) is 20.2 Å². The fourth-order valence-corrected chi connectivity index (χ4v) is 1.63. The highest BCUT2D eigenvalue weighted by Gasteiger charge is 2.07. The SMILES string of the molecule is C(=NCCN1CCNCC1)c1cnc[nH]1. The molecule has 1 aliphatic heterocycles. The van der Waals surface area contributed by atoms with Gasteiger partial charge in [0.25, 0.3) is 0 Å². The lowest BCUT2D eigenvalue weighted by atomic mass is 10.3. The van der Waals surface area contributed by atoms with Gasteiger partial charge in [-0.3, -0.25) is 9.89 Å². The van der Waals surface area contributed by atoms with Crippen molar-refractivity contribution in [3.05, 3.63) is 18.2 Å². The van der Waals surface area contributed by atoms with E-state index in [0.717, 1.165) is 45.0 Å². The van der Waals surface area contributed by atoms with Gasteiger partial charge in [0, 0.05) is 38.9 Å². The monoisotopic (exact) mass is 207 g/mol. The molecule has 2 N–H and O–H groups in total. The van der Waals surface area contributed by atoms with Crippen LogP contribution < -0.4 is 5.32 Å². The molecule has 1 saturated heterocycles. The van der Waals surface area contributed by atoms with Crippen LogP contribution in [0.5, 0.6) is 0 Å². The maximum Gasteiger partial charge on any atom is 0.0924 e. The smallest absolute Gasteiger partial charge is 0.0924 e. The highest BCUT2D eigenvalue weighted by molar-refractivity contribution is 5.76. The second-order valence-electron chi connectivity index (χ2n) is 3.63. The molecule has 5 heteroatoms. The molecule has 1 fully saturated rings. The van der Waals surface area contributed by atoms with Crippen molar-refractivity contribution in [2.45, 2.75) is 0 Å². The van der Waals surface area contributed by atoms with E-state index in [4.69, 9.17) is 0 Å². The van der Waals surface area contributed by atoms with E-state index in [2.05, 4.69) is 25.2 Å². The van der Waals surface area contributed by atoms with Crippen LogP contribution in [0.3, 0.4) is 0 Å². The summed E-state index contributed by atoms with van der Waals surface area (Å²) in [6.45, 7) is 6.39. The third-order valence-electron chi connectivity index (χ3n) is 2.50.